The minimum Gasteiger partial charge on any atom is -0.305 e. The molecule has 82 valence electrons. The maximum atomic E-state index is 5.79. The SMILES string of the molecule is Cc1cccc([C@@H](C)NC/C(Cl)=C/Cl)c1. The summed E-state index contributed by atoms with van der Waals surface area (Å²) < 4.78 is 0. The molecule has 1 nitrogen and oxygen atoms in total. The molecule has 0 heterocycles. The fraction of sp³-hybridized carbons (Fsp3) is 0.333. The Balaban J connectivity index is 2.57. The van der Waals surface area contributed by atoms with Crippen LogP contribution in [-0.2, 0) is 0 Å². The minimum atomic E-state index is 0.273. The van der Waals surface area contributed by atoms with Gasteiger partial charge in [-0.1, -0.05) is 53.0 Å². The van der Waals surface area contributed by atoms with Gasteiger partial charge < -0.3 is 5.32 Å². The molecule has 0 saturated heterocycles. The van der Waals surface area contributed by atoms with E-state index in [4.69, 9.17) is 23.2 Å². The molecule has 0 radical (unpaired) electrons. The van der Waals surface area contributed by atoms with E-state index in [1.807, 2.05) is 0 Å². The number of aryl methyl sites for hydroxylation is 1. The Kier molecular flexibility index (Phi) is 5.16. The molecule has 0 amide bonds. The largest absolute Gasteiger partial charge is 0.305 e. The number of halogens is 2. The van der Waals surface area contributed by atoms with Crippen molar-refractivity contribution in [1.29, 1.82) is 0 Å². The second-order valence-electron chi connectivity index (χ2n) is 3.57. The van der Waals surface area contributed by atoms with E-state index in [0.29, 0.717) is 11.6 Å². The monoisotopic (exact) mass is 243 g/mol. The average Bonchev–Trinajstić information content (AvgIpc) is 2.25. The molecule has 0 aliphatic carbocycles. The Labute approximate surface area is 101 Å². The van der Waals surface area contributed by atoms with Crippen molar-refractivity contribution in [2.24, 2.45) is 0 Å². The van der Waals surface area contributed by atoms with Crippen LogP contribution in [0.1, 0.15) is 24.1 Å². The van der Waals surface area contributed by atoms with E-state index >= 15 is 0 Å². The quantitative estimate of drug-likeness (QED) is 0.845. The lowest BCUT2D eigenvalue weighted by molar-refractivity contribution is 0.614. The van der Waals surface area contributed by atoms with E-state index in [0.717, 1.165) is 0 Å². The van der Waals surface area contributed by atoms with Crippen LogP contribution >= 0.6 is 23.2 Å². The number of rotatable bonds is 4. The molecule has 1 rings (SSSR count). The van der Waals surface area contributed by atoms with Crippen molar-refractivity contribution in [2.75, 3.05) is 6.54 Å². The molecule has 15 heavy (non-hydrogen) atoms. The van der Waals surface area contributed by atoms with Crippen molar-refractivity contribution >= 4 is 23.2 Å². The molecule has 0 aromatic heterocycles. The van der Waals surface area contributed by atoms with Crippen LogP contribution in [0.25, 0.3) is 0 Å². The molecule has 0 aliphatic heterocycles. The highest BCUT2D eigenvalue weighted by Gasteiger charge is 2.04. The summed E-state index contributed by atoms with van der Waals surface area (Å²) in [4.78, 5) is 0. The van der Waals surface area contributed by atoms with E-state index < -0.39 is 0 Å². The predicted octanol–water partition coefficient (Wildman–Crippen LogP) is 3.96. The zero-order chi connectivity index (χ0) is 11.3. The van der Waals surface area contributed by atoms with Gasteiger partial charge in [0, 0.05) is 23.2 Å². The summed E-state index contributed by atoms with van der Waals surface area (Å²) in [6.45, 7) is 4.79. The zero-order valence-electron chi connectivity index (χ0n) is 8.93. The summed E-state index contributed by atoms with van der Waals surface area (Å²) in [5.74, 6) is 0. The second kappa shape index (κ2) is 6.16. The molecule has 0 saturated carbocycles. The molecular formula is C12H15Cl2N. The van der Waals surface area contributed by atoms with Crippen LogP contribution in [0.15, 0.2) is 34.8 Å². The molecule has 0 spiro atoms. The van der Waals surface area contributed by atoms with Gasteiger partial charge in [-0.15, -0.1) is 0 Å². The van der Waals surface area contributed by atoms with Gasteiger partial charge in [0.05, 0.1) is 0 Å². The van der Waals surface area contributed by atoms with E-state index in [1.165, 1.54) is 16.7 Å². The molecule has 0 aliphatic rings. The first-order valence-electron chi connectivity index (χ1n) is 4.88. The van der Waals surface area contributed by atoms with Crippen molar-refractivity contribution in [1.82, 2.24) is 5.32 Å². The van der Waals surface area contributed by atoms with Gasteiger partial charge in [0.2, 0.25) is 0 Å². The first kappa shape index (κ1) is 12.6. The first-order valence-corrected chi connectivity index (χ1v) is 5.69. The summed E-state index contributed by atoms with van der Waals surface area (Å²) in [7, 11) is 0. The van der Waals surface area contributed by atoms with Gasteiger partial charge in [-0.25, -0.2) is 0 Å². The second-order valence-corrected chi connectivity index (χ2v) is 4.28. The smallest absolute Gasteiger partial charge is 0.0432 e. The summed E-state index contributed by atoms with van der Waals surface area (Å²) in [5, 5.41) is 3.91. The lowest BCUT2D eigenvalue weighted by Crippen LogP contribution is -2.19. The fourth-order valence-corrected chi connectivity index (χ4v) is 1.50. The number of hydrogen-bond donors (Lipinski definition) is 1. The normalized spacial score (nSPS) is 14.0. The minimum absolute atomic E-state index is 0.273. The van der Waals surface area contributed by atoms with Crippen molar-refractivity contribution < 1.29 is 0 Å². The highest BCUT2D eigenvalue weighted by atomic mass is 35.5. The fourth-order valence-electron chi connectivity index (χ4n) is 1.35. The number of nitrogens with one attached hydrogen (secondary N) is 1. The Hall–Kier alpha value is -0.500. The van der Waals surface area contributed by atoms with Crippen molar-refractivity contribution in [2.45, 2.75) is 19.9 Å². The summed E-state index contributed by atoms with van der Waals surface area (Å²) in [5.41, 5.74) is 3.91. The Bertz CT molecular complexity index is 347. The summed E-state index contributed by atoms with van der Waals surface area (Å²) >= 11 is 11.3. The zero-order valence-corrected chi connectivity index (χ0v) is 10.4. The highest BCUT2D eigenvalue weighted by Crippen LogP contribution is 2.14. The third-order valence-electron chi connectivity index (χ3n) is 2.24. The third-order valence-corrected chi connectivity index (χ3v) is 2.86. The Morgan fingerprint density at radius 2 is 2.27 bits per heavy atom. The van der Waals surface area contributed by atoms with Crippen LogP contribution in [0.3, 0.4) is 0 Å². The van der Waals surface area contributed by atoms with Crippen molar-refractivity contribution in [3.63, 3.8) is 0 Å². The molecule has 0 unspecified atom stereocenters. The van der Waals surface area contributed by atoms with E-state index in [9.17, 15) is 0 Å². The van der Waals surface area contributed by atoms with Crippen LogP contribution in [0.2, 0.25) is 0 Å². The third kappa shape index (κ3) is 4.25. The lowest BCUT2D eigenvalue weighted by atomic mass is 10.1. The van der Waals surface area contributed by atoms with Gasteiger partial charge in [-0.3, -0.25) is 0 Å². The molecule has 1 N–H and O–H groups in total. The predicted molar refractivity (Wildman–Crippen MR) is 67.4 cm³/mol. The van der Waals surface area contributed by atoms with Crippen molar-refractivity contribution in [3.8, 4) is 0 Å². The van der Waals surface area contributed by atoms with Gasteiger partial charge in [-0.2, -0.15) is 0 Å². The summed E-state index contributed by atoms with van der Waals surface area (Å²) in [6, 6.07) is 8.68. The summed E-state index contributed by atoms with van der Waals surface area (Å²) in [6.07, 6.45) is 0. The molecule has 0 fully saturated rings. The van der Waals surface area contributed by atoms with Crippen LogP contribution in [0.5, 0.6) is 0 Å². The maximum absolute atomic E-state index is 5.79. The maximum Gasteiger partial charge on any atom is 0.0432 e. The topological polar surface area (TPSA) is 12.0 Å². The Morgan fingerprint density at radius 1 is 1.53 bits per heavy atom. The first-order chi connectivity index (χ1) is 7.13. The standard InChI is InChI=1S/C12H15Cl2N/c1-9-4-3-5-11(6-9)10(2)15-8-12(14)7-13/h3-7,10,15H,8H2,1-2H3/b12-7-/t10-/m1/s1. The van der Waals surface area contributed by atoms with Gasteiger partial charge in [0.1, 0.15) is 0 Å². The van der Waals surface area contributed by atoms with Gasteiger partial charge in [0.15, 0.2) is 0 Å². The van der Waals surface area contributed by atoms with E-state index in [1.54, 1.807) is 0 Å². The van der Waals surface area contributed by atoms with E-state index in [-0.39, 0.29) is 6.04 Å². The van der Waals surface area contributed by atoms with Crippen LogP contribution in [0, 0.1) is 6.92 Å². The molecule has 1 aromatic rings. The molecule has 0 bridgehead atoms. The van der Waals surface area contributed by atoms with E-state index in [2.05, 4.69) is 43.4 Å². The van der Waals surface area contributed by atoms with Crippen molar-refractivity contribution in [3.05, 3.63) is 46.0 Å². The number of hydrogen-bond acceptors (Lipinski definition) is 1. The van der Waals surface area contributed by atoms with Gasteiger partial charge in [0.25, 0.3) is 0 Å². The molecule has 1 atom stereocenters. The molecule has 1 aromatic carbocycles. The molecular weight excluding hydrogens is 229 g/mol. The number of benzene rings is 1. The molecule has 3 heteroatoms. The highest BCUT2D eigenvalue weighted by molar-refractivity contribution is 6.36. The Morgan fingerprint density at radius 3 is 2.87 bits per heavy atom. The van der Waals surface area contributed by atoms with Crippen LogP contribution in [-0.4, -0.2) is 6.54 Å². The van der Waals surface area contributed by atoms with Crippen LogP contribution in [0.4, 0.5) is 0 Å². The lowest BCUT2D eigenvalue weighted by Gasteiger charge is -2.14. The van der Waals surface area contributed by atoms with Crippen LogP contribution < -0.4 is 5.32 Å². The van der Waals surface area contributed by atoms with Gasteiger partial charge >= 0.3 is 0 Å². The van der Waals surface area contributed by atoms with Gasteiger partial charge in [-0.05, 0) is 19.4 Å². The average molecular weight is 244 g/mol.